The van der Waals surface area contributed by atoms with Crippen LogP contribution in [0.5, 0.6) is 0 Å². The van der Waals surface area contributed by atoms with E-state index in [-0.39, 0.29) is 18.3 Å². The largest absolute Gasteiger partial charge is 0.381 e. The lowest BCUT2D eigenvalue weighted by molar-refractivity contribution is -0.158. The van der Waals surface area contributed by atoms with Gasteiger partial charge < -0.3 is 18.7 Å². The number of ether oxygens (including phenoxy) is 3. The fourth-order valence-electron chi connectivity index (χ4n) is 2.46. The summed E-state index contributed by atoms with van der Waals surface area (Å²) in [5.74, 6) is 0. The van der Waals surface area contributed by atoms with Crippen LogP contribution < -0.4 is 0 Å². The minimum absolute atomic E-state index is 0.0413. The van der Waals surface area contributed by atoms with Gasteiger partial charge in [-0.15, -0.1) is 0 Å². The Morgan fingerprint density at radius 3 is 2.69 bits per heavy atom. The van der Waals surface area contributed by atoms with Crippen molar-refractivity contribution in [3.05, 3.63) is 0 Å². The van der Waals surface area contributed by atoms with E-state index in [2.05, 4.69) is 0 Å². The Labute approximate surface area is 95.8 Å². The van der Waals surface area contributed by atoms with Gasteiger partial charge in [0, 0.05) is 20.4 Å². The molecular formula is C10H19O5P. The molecule has 0 aromatic heterocycles. The zero-order valence-electron chi connectivity index (χ0n) is 10.1. The number of hydrogen-bond donors (Lipinski definition) is 0. The van der Waals surface area contributed by atoms with E-state index in [0.29, 0.717) is 13.2 Å². The molecular weight excluding hydrogens is 231 g/mol. The molecule has 2 aliphatic heterocycles. The highest BCUT2D eigenvalue weighted by molar-refractivity contribution is 7.57. The Kier molecular flexibility index (Phi) is 3.19. The van der Waals surface area contributed by atoms with Gasteiger partial charge in [-0.05, 0) is 6.92 Å². The topological polar surface area (TPSA) is 54.0 Å². The monoisotopic (exact) mass is 250 g/mol. The van der Waals surface area contributed by atoms with Gasteiger partial charge in [0.15, 0.2) is 7.37 Å². The van der Waals surface area contributed by atoms with Gasteiger partial charge in [0.05, 0.1) is 19.3 Å². The number of rotatable bonds is 4. The summed E-state index contributed by atoms with van der Waals surface area (Å²) < 4.78 is 34.0. The summed E-state index contributed by atoms with van der Waals surface area (Å²) in [7, 11) is -0.944. The Morgan fingerprint density at radius 1 is 1.50 bits per heavy atom. The second kappa shape index (κ2) is 4.07. The van der Waals surface area contributed by atoms with Gasteiger partial charge in [-0.1, -0.05) is 0 Å². The molecule has 0 spiro atoms. The summed E-state index contributed by atoms with van der Waals surface area (Å²) in [6.07, 6.45) is -0.466. The Bertz CT molecular complexity index is 314. The van der Waals surface area contributed by atoms with Crippen molar-refractivity contribution in [1.82, 2.24) is 0 Å². The zero-order chi connectivity index (χ0) is 12.0. The fraction of sp³-hybridized carbons (Fsp3) is 1.00. The van der Waals surface area contributed by atoms with Crippen molar-refractivity contribution < 1.29 is 23.3 Å². The molecule has 2 bridgehead atoms. The van der Waals surface area contributed by atoms with Crippen LogP contribution in [0.4, 0.5) is 0 Å². The molecule has 0 N–H and O–H groups in total. The van der Waals surface area contributed by atoms with Crippen LogP contribution in [0.15, 0.2) is 0 Å². The molecule has 16 heavy (non-hydrogen) atoms. The molecule has 0 aromatic carbocycles. The quantitative estimate of drug-likeness (QED) is 0.700. The van der Waals surface area contributed by atoms with Crippen LogP contribution in [0.25, 0.3) is 0 Å². The Balaban J connectivity index is 2.19. The standard InChI is InChI=1S/C10H19O5P/c1-7-8-9(15-16(3,4)11)10(14-7,5-12-2)6-13-8/h7-9H,5-6H2,1-4H3/t7-,8?,9-,10-/m0/s1. The van der Waals surface area contributed by atoms with E-state index in [1.807, 2.05) is 6.92 Å². The Morgan fingerprint density at radius 2 is 2.19 bits per heavy atom. The molecule has 6 heteroatoms. The maximum Gasteiger partial charge on any atom is 0.197 e. The van der Waals surface area contributed by atoms with E-state index in [0.717, 1.165) is 0 Å². The highest BCUT2D eigenvalue weighted by atomic mass is 31.2. The van der Waals surface area contributed by atoms with Crippen molar-refractivity contribution in [1.29, 1.82) is 0 Å². The minimum Gasteiger partial charge on any atom is -0.381 e. The third-order valence-corrected chi connectivity index (χ3v) is 3.71. The molecule has 2 heterocycles. The van der Waals surface area contributed by atoms with Gasteiger partial charge in [0.1, 0.15) is 17.8 Å². The molecule has 4 atom stereocenters. The maximum absolute atomic E-state index is 11.8. The van der Waals surface area contributed by atoms with E-state index in [4.69, 9.17) is 18.7 Å². The molecule has 1 unspecified atom stereocenters. The van der Waals surface area contributed by atoms with E-state index in [1.165, 1.54) is 0 Å². The first-order valence-electron chi connectivity index (χ1n) is 5.40. The molecule has 0 saturated carbocycles. The fourth-order valence-corrected chi connectivity index (χ4v) is 3.32. The first kappa shape index (κ1) is 12.5. The van der Waals surface area contributed by atoms with Crippen LogP contribution in [0.1, 0.15) is 6.92 Å². The first-order chi connectivity index (χ1) is 7.38. The van der Waals surface area contributed by atoms with Crippen LogP contribution in [-0.4, -0.2) is 57.6 Å². The van der Waals surface area contributed by atoms with Crippen LogP contribution in [-0.2, 0) is 23.3 Å². The van der Waals surface area contributed by atoms with Crippen molar-refractivity contribution >= 4 is 7.37 Å². The maximum atomic E-state index is 11.8. The van der Waals surface area contributed by atoms with Crippen LogP contribution in [0.3, 0.4) is 0 Å². The predicted octanol–water partition coefficient (Wildman–Crippen LogP) is 1.11. The minimum atomic E-state index is -2.56. The van der Waals surface area contributed by atoms with Crippen LogP contribution in [0.2, 0.25) is 0 Å². The molecule has 0 radical (unpaired) electrons. The summed E-state index contributed by atoms with van der Waals surface area (Å²) in [4.78, 5) is 0. The number of methoxy groups -OCH3 is 1. The average molecular weight is 250 g/mol. The normalized spacial score (nSPS) is 42.9. The zero-order valence-corrected chi connectivity index (χ0v) is 11.0. The molecule has 2 saturated heterocycles. The highest BCUT2D eigenvalue weighted by Gasteiger charge is 2.62. The molecule has 94 valence electrons. The molecule has 2 aliphatic rings. The van der Waals surface area contributed by atoms with Gasteiger partial charge in [-0.2, -0.15) is 0 Å². The second-order valence-electron chi connectivity index (χ2n) is 4.87. The summed E-state index contributed by atoms with van der Waals surface area (Å²) in [5.41, 5.74) is -0.583. The Hall–Kier alpha value is 0.0700. The van der Waals surface area contributed by atoms with Crippen LogP contribution in [0, 0.1) is 0 Å². The van der Waals surface area contributed by atoms with Gasteiger partial charge in [-0.25, -0.2) is 0 Å². The molecule has 0 aromatic rings. The van der Waals surface area contributed by atoms with Gasteiger partial charge in [-0.3, -0.25) is 4.57 Å². The molecule has 2 rings (SSSR count). The van der Waals surface area contributed by atoms with Crippen molar-refractivity contribution in [3.63, 3.8) is 0 Å². The molecule has 0 aliphatic carbocycles. The number of hydrogen-bond acceptors (Lipinski definition) is 5. The van der Waals surface area contributed by atoms with Crippen LogP contribution >= 0.6 is 7.37 Å². The SMILES string of the molecule is COC[C@@]12COC([C@H](C)O1)[C@@H]2OP(C)(C)=O. The third-order valence-electron chi connectivity index (χ3n) is 2.98. The lowest BCUT2D eigenvalue weighted by Gasteiger charge is -2.30. The lowest BCUT2D eigenvalue weighted by atomic mass is 10.00. The van der Waals surface area contributed by atoms with E-state index in [9.17, 15) is 4.57 Å². The molecule has 0 amide bonds. The summed E-state index contributed by atoms with van der Waals surface area (Å²) in [6, 6.07) is 0. The molecule has 2 fully saturated rings. The van der Waals surface area contributed by atoms with E-state index in [1.54, 1.807) is 20.4 Å². The number of fused-ring (bicyclic) bond motifs is 2. The van der Waals surface area contributed by atoms with Gasteiger partial charge in [0.25, 0.3) is 0 Å². The van der Waals surface area contributed by atoms with Gasteiger partial charge in [0.2, 0.25) is 0 Å². The summed E-state index contributed by atoms with van der Waals surface area (Å²) in [5, 5.41) is 0. The summed E-state index contributed by atoms with van der Waals surface area (Å²) >= 11 is 0. The smallest absolute Gasteiger partial charge is 0.197 e. The van der Waals surface area contributed by atoms with Crippen molar-refractivity contribution in [2.45, 2.75) is 30.8 Å². The van der Waals surface area contributed by atoms with E-state index >= 15 is 0 Å². The average Bonchev–Trinajstić information content (AvgIpc) is 2.54. The van der Waals surface area contributed by atoms with Crippen molar-refractivity contribution in [2.75, 3.05) is 33.7 Å². The van der Waals surface area contributed by atoms with Crippen molar-refractivity contribution in [2.24, 2.45) is 0 Å². The summed E-state index contributed by atoms with van der Waals surface area (Å²) in [6.45, 7) is 6.00. The predicted molar refractivity (Wildman–Crippen MR) is 59.2 cm³/mol. The first-order valence-corrected chi connectivity index (χ1v) is 7.92. The molecule has 5 nitrogen and oxygen atoms in total. The highest BCUT2D eigenvalue weighted by Crippen LogP contribution is 2.50. The lowest BCUT2D eigenvalue weighted by Crippen LogP contribution is -2.45. The van der Waals surface area contributed by atoms with Crippen molar-refractivity contribution in [3.8, 4) is 0 Å². The van der Waals surface area contributed by atoms with Gasteiger partial charge >= 0.3 is 0 Å². The second-order valence-corrected chi connectivity index (χ2v) is 7.59. The van der Waals surface area contributed by atoms with E-state index < -0.39 is 13.0 Å². The third kappa shape index (κ3) is 2.07.